The quantitative estimate of drug-likeness (QED) is 0.342. The van der Waals surface area contributed by atoms with Crippen LogP contribution in [0.3, 0.4) is 0 Å². The number of aromatic hydroxyl groups is 1. The van der Waals surface area contributed by atoms with Gasteiger partial charge in [0.2, 0.25) is 5.88 Å². The van der Waals surface area contributed by atoms with E-state index in [1.807, 2.05) is 30.3 Å². The van der Waals surface area contributed by atoms with E-state index in [1.165, 1.54) is 25.7 Å². The summed E-state index contributed by atoms with van der Waals surface area (Å²) in [5.74, 6) is 2.07. The minimum Gasteiger partial charge on any atom is -0.507 e. The molecule has 1 fully saturated rings. The third kappa shape index (κ3) is 4.40. The number of pyridine rings is 1. The van der Waals surface area contributed by atoms with Crippen molar-refractivity contribution in [2.45, 2.75) is 45.6 Å². The van der Waals surface area contributed by atoms with Crippen molar-refractivity contribution in [3.05, 3.63) is 60.3 Å². The van der Waals surface area contributed by atoms with Gasteiger partial charge in [-0.2, -0.15) is 0 Å². The van der Waals surface area contributed by atoms with Gasteiger partial charge in [0.1, 0.15) is 11.6 Å². The Morgan fingerprint density at radius 3 is 2.82 bits per heavy atom. The van der Waals surface area contributed by atoms with Gasteiger partial charge in [-0.1, -0.05) is 31.9 Å². The zero-order valence-electron chi connectivity index (χ0n) is 19.9. The number of rotatable bonds is 5. The molecule has 0 radical (unpaired) electrons. The minimum atomic E-state index is 0.162. The molecule has 2 atom stereocenters. The van der Waals surface area contributed by atoms with Crippen LogP contribution in [0.5, 0.6) is 11.6 Å². The van der Waals surface area contributed by atoms with Gasteiger partial charge in [0.05, 0.1) is 29.7 Å². The van der Waals surface area contributed by atoms with Crippen molar-refractivity contribution in [3.8, 4) is 34.1 Å². The predicted molar refractivity (Wildman–Crippen MR) is 137 cm³/mol. The molecule has 6 nitrogen and oxygen atoms in total. The summed E-state index contributed by atoms with van der Waals surface area (Å²) < 4.78 is 5.41. The van der Waals surface area contributed by atoms with Crippen molar-refractivity contribution in [1.29, 1.82) is 0 Å². The third-order valence-corrected chi connectivity index (χ3v) is 6.71. The number of phenols is 1. The number of nitrogens with one attached hydrogen (secondary N) is 1. The average molecular weight is 455 g/mol. The summed E-state index contributed by atoms with van der Waals surface area (Å²) in [6.45, 7) is 4.41. The first-order chi connectivity index (χ1) is 16.5. The largest absolute Gasteiger partial charge is 0.507 e. The molecule has 2 heterocycles. The number of ether oxygens (including phenoxy) is 1. The van der Waals surface area contributed by atoms with E-state index in [-0.39, 0.29) is 5.75 Å². The number of hydrogen-bond donors (Lipinski definition) is 2. The Morgan fingerprint density at radius 2 is 2.00 bits per heavy atom. The molecule has 2 aromatic carbocycles. The lowest BCUT2D eigenvalue weighted by Gasteiger charge is -2.24. The van der Waals surface area contributed by atoms with Crippen molar-refractivity contribution >= 4 is 16.7 Å². The van der Waals surface area contributed by atoms with E-state index in [0.717, 1.165) is 39.4 Å². The van der Waals surface area contributed by atoms with Crippen molar-refractivity contribution in [1.82, 2.24) is 15.0 Å². The normalized spacial score (nSPS) is 18.9. The van der Waals surface area contributed by atoms with Gasteiger partial charge in [-0.05, 0) is 73.2 Å². The number of hydrogen-bond acceptors (Lipinski definition) is 5. The zero-order chi connectivity index (χ0) is 23.7. The minimum absolute atomic E-state index is 0.162. The van der Waals surface area contributed by atoms with Crippen LogP contribution < -0.4 is 4.74 Å². The van der Waals surface area contributed by atoms with Crippen molar-refractivity contribution in [2.75, 3.05) is 7.11 Å². The number of benzene rings is 2. The maximum atomic E-state index is 10.6. The maximum absolute atomic E-state index is 10.6. The second-order valence-electron chi connectivity index (χ2n) is 9.25. The fourth-order valence-electron chi connectivity index (χ4n) is 4.90. The first-order valence-electron chi connectivity index (χ1n) is 11.9. The Hall–Kier alpha value is -3.67. The Labute approximate surface area is 199 Å². The van der Waals surface area contributed by atoms with Gasteiger partial charge in [0, 0.05) is 17.5 Å². The molecule has 1 saturated carbocycles. The average Bonchev–Trinajstić information content (AvgIpc) is 3.27. The summed E-state index contributed by atoms with van der Waals surface area (Å²) in [5, 5.41) is 10.6. The fourth-order valence-corrected chi connectivity index (χ4v) is 4.90. The smallest absolute Gasteiger partial charge is 0.221 e. The van der Waals surface area contributed by atoms with Crippen LogP contribution in [0.4, 0.5) is 0 Å². The molecule has 2 unspecified atom stereocenters. The highest BCUT2D eigenvalue weighted by atomic mass is 16.5. The molecule has 2 N–H and O–H groups in total. The molecule has 4 aromatic rings. The number of imidazole rings is 1. The van der Waals surface area contributed by atoms with Crippen molar-refractivity contribution in [3.63, 3.8) is 0 Å². The lowest BCUT2D eigenvalue weighted by atomic mass is 9.87. The first kappa shape index (κ1) is 22.1. The van der Waals surface area contributed by atoms with E-state index in [0.29, 0.717) is 23.3 Å². The summed E-state index contributed by atoms with van der Waals surface area (Å²) >= 11 is 0. The molecule has 174 valence electrons. The van der Waals surface area contributed by atoms with Gasteiger partial charge in [-0.3, -0.25) is 4.99 Å². The van der Waals surface area contributed by atoms with Gasteiger partial charge in [0.25, 0.3) is 0 Å². The predicted octanol–water partition coefficient (Wildman–Crippen LogP) is 6.39. The van der Waals surface area contributed by atoms with Gasteiger partial charge >= 0.3 is 0 Å². The molecule has 0 saturated heterocycles. The Balaban J connectivity index is 1.48. The number of aromatic nitrogens is 3. The van der Waals surface area contributed by atoms with Gasteiger partial charge in [-0.15, -0.1) is 0 Å². The van der Waals surface area contributed by atoms with E-state index in [1.54, 1.807) is 19.4 Å². The van der Waals surface area contributed by atoms with Crippen LogP contribution in [0.1, 0.15) is 45.1 Å². The molecule has 2 aromatic heterocycles. The lowest BCUT2D eigenvalue weighted by molar-refractivity contribution is 0.346. The SMILES string of the molecule is COc1ncccc1-c1ccc(O)c(-c2nc3ccc(C(C)=NC4CCCC(C)C4)cc3[nH]2)c1. The Bertz CT molecular complexity index is 1360. The number of phenolic OH excluding ortho intramolecular Hbond substituents is 1. The van der Waals surface area contributed by atoms with E-state index in [9.17, 15) is 5.11 Å². The molecule has 6 heteroatoms. The van der Waals surface area contributed by atoms with E-state index in [4.69, 9.17) is 14.7 Å². The van der Waals surface area contributed by atoms with Crippen LogP contribution in [0.2, 0.25) is 0 Å². The second kappa shape index (κ2) is 9.29. The van der Waals surface area contributed by atoms with E-state index < -0.39 is 0 Å². The van der Waals surface area contributed by atoms with Crippen LogP contribution in [0.15, 0.2) is 59.7 Å². The summed E-state index contributed by atoms with van der Waals surface area (Å²) in [7, 11) is 1.60. The highest BCUT2D eigenvalue weighted by molar-refractivity contribution is 6.01. The molecule has 5 rings (SSSR count). The number of fused-ring (bicyclic) bond motifs is 1. The standard InChI is InChI=1S/C28H30N4O2/c1-17-6-4-7-21(14-17)30-18(2)19-9-11-24-25(16-19)32-27(31-24)23-15-20(10-12-26(23)33)22-8-5-13-29-28(22)34-3/h5,8-13,15-17,21,33H,4,6-7,14H2,1-3H3,(H,31,32). The highest BCUT2D eigenvalue weighted by Gasteiger charge is 2.19. The summed E-state index contributed by atoms with van der Waals surface area (Å²) in [6.07, 6.45) is 6.62. The van der Waals surface area contributed by atoms with Crippen molar-refractivity contribution in [2.24, 2.45) is 10.9 Å². The number of methoxy groups -OCH3 is 1. The summed E-state index contributed by atoms with van der Waals surface area (Å²) in [4.78, 5) is 17.5. The van der Waals surface area contributed by atoms with Crippen LogP contribution in [0, 0.1) is 5.92 Å². The van der Waals surface area contributed by atoms with Gasteiger partial charge in [0.15, 0.2) is 0 Å². The molecule has 0 aliphatic heterocycles. The highest BCUT2D eigenvalue weighted by Crippen LogP contribution is 2.36. The fraction of sp³-hybridized carbons (Fsp3) is 0.321. The third-order valence-electron chi connectivity index (χ3n) is 6.71. The molecular formula is C28H30N4O2. The molecule has 0 spiro atoms. The van der Waals surface area contributed by atoms with Crippen LogP contribution in [-0.4, -0.2) is 38.9 Å². The van der Waals surface area contributed by atoms with Crippen LogP contribution in [-0.2, 0) is 0 Å². The number of nitrogens with zero attached hydrogens (tertiary/aromatic N) is 3. The summed E-state index contributed by atoms with van der Waals surface area (Å²) in [6, 6.07) is 15.9. The molecule has 0 bridgehead atoms. The Morgan fingerprint density at radius 1 is 1.12 bits per heavy atom. The van der Waals surface area contributed by atoms with Crippen LogP contribution in [0.25, 0.3) is 33.5 Å². The zero-order valence-corrected chi connectivity index (χ0v) is 19.9. The van der Waals surface area contributed by atoms with Gasteiger partial charge in [-0.25, -0.2) is 9.97 Å². The molecule has 1 aliphatic rings. The second-order valence-corrected chi connectivity index (χ2v) is 9.25. The molecular weight excluding hydrogens is 424 g/mol. The molecule has 0 amide bonds. The maximum Gasteiger partial charge on any atom is 0.221 e. The lowest BCUT2D eigenvalue weighted by Crippen LogP contribution is -2.17. The topological polar surface area (TPSA) is 83.4 Å². The number of aromatic amines is 1. The molecule has 34 heavy (non-hydrogen) atoms. The monoisotopic (exact) mass is 454 g/mol. The van der Waals surface area contributed by atoms with Crippen LogP contribution >= 0.6 is 0 Å². The Kier molecular flexibility index (Phi) is 6.05. The van der Waals surface area contributed by atoms with Gasteiger partial charge < -0.3 is 14.8 Å². The van der Waals surface area contributed by atoms with E-state index in [2.05, 4.69) is 35.9 Å². The van der Waals surface area contributed by atoms with Crippen molar-refractivity contribution < 1.29 is 9.84 Å². The summed E-state index contributed by atoms with van der Waals surface area (Å²) in [5.41, 5.74) is 6.30. The van der Waals surface area contributed by atoms with E-state index >= 15 is 0 Å². The number of aliphatic imine (C=N–C) groups is 1. The first-order valence-corrected chi connectivity index (χ1v) is 11.9. The number of H-pyrrole nitrogens is 1. The molecule has 1 aliphatic carbocycles.